The zero-order chi connectivity index (χ0) is 15.9. The number of thioether (sulfide) groups is 2. The standard InChI is InChI=1S/C17H21NO3S2/c19-16(20)17-10-18(12-8-22-5-6-23-9-12)7-14(17)13-3-1-2-4-15(13)21-11-17/h1-4,12,14H,5-11H2,(H,19,20)/t14-,17-/m1/s1. The molecule has 2 saturated heterocycles. The van der Waals surface area contributed by atoms with Gasteiger partial charge in [-0.05, 0) is 11.6 Å². The van der Waals surface area contributed by atoms with Gasteiger partial charge in [-0.2, -0.15) is 23.5 Å². The molecule has 0 bridgehead atoms. The minimum atomic E-state index is -0.796. The molecule has 0 aromatic heterocycles. The van der Waals surface area contributed by atoms with Crippen LogP contribution in [0.3, 0.4) is 0 Å². The number of carboxylic acid groups (broad SMARTS) is 1. The Labute approximate surface area is 145 Å². The highest BCUT2D eigenvalue weighted by atomic mass is 32.2. The Kier molecular flexibility index (Phi) is 4.24. The largest absolute Gasteiger partial charge is 0.492 e. The summed E-state index contributed by atoms with van der Waals surface area (Å²) in [6.07, 6.45) is 0. The number of nitrogens with zero attached hydrogens (tertiary/aromatic N) is 1. The summed E-state index contributed by atoms with van der Waals surface area (Å²) in [5, 5.41) is 9.98. The Bertz CT molecular complexity index is 603. The number of hydrogen-bond acceptors (Lipinski definition) is 5. The highest BCUT2D eigenvalue weighted by Crippen LogP contribution is 2.50. The van der Waals surface area contributed by atoms with E-state index in [0.717, 1.165) is 29.4 Å². The van der Waals surface area contributed by atoms with Crippen molar-refractivity contribution in [3.8, 4) is 5.75 Å². The summed E-state index contributed by atoms with van der Waals surface area (Å²) in [5.41, 5.74) is 0.272. The van der Waals surface area contributed by atoms with Gasteiger partial charge >= 0.3 is 5.97 Å². The van der Waals surface area contributed by atoms with Crippen molar-refractivity contribution in [2.75, 3.05) is 42.7 Å². The SMILES string of the molecule is O=C(O)[C@]12COc3ccccc3[C@H]1CN(C1CSCCSC1)C2. The van der Waals surface area contributed by atoms with Gasteiger partial charge in [-0.3, -0.25) is 9.69 Å². The Hall–Kier alpha value is -0.850. The molecule has 3 heterocycles. The zero-order valence-corrected chi connectivity index (χ0v) is 14.6. The van der Waals surface area contributed by atoms with Gasteiger partial charge in [0, 0.05) is 48.1 Å². The molecule has 6 heteroatoms. The number of carboxylic acids is 1. The van der Waals surface area contributed by atoms with Gasteiger partial charge < -0.3 is 9.84 Å². The van der Waals surface area contributed by atoms with Crippen LogP contribution >= 0.6 is 23.5 Å². The Morgan fingerprint density at radius 3 is 2.74 bits per heavy atom. The number of fused-ring (bicyclic) bond motifs is 3. The van der Waals surface area contributed by atoms with Crippen LogP contribution in [0.25, 0.3) is 0 Å². The molecule has 0 saturated carbocycles. The third-order valence-electron chi connectivity index (χ3n) is 5.28. The molecule has 0 spiro atoms. The molecular weight excluding hydrogens is 330 g/mol. The van der Waals surface area contributed by atoms with Crippen LogP contribution in [0.2, 0.25) is 0 Å². The highest BCUT2D eigenvalue weighted by molar-refractivity contribution is 8.03. The predicted octanol–water partition coefficient (Wildman–Crippen LogP) is 2.40. The summed E-state index contributed by atoms with van der Waals surface area (Å²) < 4.78 is 5.84. The lowest BCUT2D eigenvalue weighted by molar-refractivity contribution is -0.151. The summed E-state index contributed by atoms with van der Waals surface area (Å²) in [4.78, 5) is 14.6. The van der Waals surface area contributed by atoms with Crippen molar-refractivity contribution in [3.63, 3.8) is 0 Å². The van der Waals surface area contributed by atoms with E-state index in [9.17, 15) is 9.90 Å². The molecule has 4 rings (SSSR count). The first-order valence-electron chi connectivity index (χ1n) is 8.05. The second-order valence-corrected chi connectivity index (χ2v) is 8.87. The molecule has 0 radical (unpaired) electrons. The van der Waals surface area contributed by atoms with E-state index in [2.05, 4.69) is 4.90 Å². The maximum Gasteiger partial charge on any atom is 0.315 e. The van der Waals surface area contributed by atoms with Gasteiger partial charge in [0.1, 0.15) is 17.8 Å². The van der Waals surface area contributed by atoms with Crippen molar-refractivity contribution in [3.05, 3.63) is 29.8 Å². The number of hydrogen-bond donors (Lipinski definition) is 1. The van der Waals surface area contributed by atoms with Crippen molar-refractivity contribution >= 4 is 29.5 Å². The normalized spacial score (nSPS) is 31.7. The van der Waals surface area contributed by atoms with Gasteiger partial charge in [0.05, 0.1) is 0 Å². The van der Waals surface area contributed by atoms with Crippen molar-refractivity contribution in [1.82, 2.24) is 4.90 Å². The number of rotatable bonds is 2. The summed E-state index contributed by atoms with van der Waals surface area (Å²) in [6.45, 7) is 1.72. The molecule has 0 aliphatic carbocycles. The molecule has 23 heavy (non-hydrogen) atoms. The summed E-state index contributed by atoms with van der Waals surface area (Å²) >= 11 is 3.99. The molecule has 124 valence electrons. The first-order valence-corrected chi connectivity index (χ1v) is 10.4. The average Bonchev–Trinajstić information content (AvgIpc) is 2.77. The highest BCUT2D eigenvalue weighted by Gasteiger charge is 2.57. The molecule has 1 aromatic rings. The van der Waals surface area contributed by atoms with Gasteiger partial charge in [-0.25, -0.2) is 0 Å². The fourth-order valence-corrected chi connectivity index (χ4v) is 6.59. The minimum Gasteiger partial charge on any atom is -0.492 e. The molecule has 0 amide bonds. The summed E-state index contributed by atoms with van der Waals surface area (Å²) in [6, 6.07) is 8.41. The van der Waals surface area contributed by atoms with Crippen LogP contribution in [0.4, 0.5) is 0 Å². The number of ether oxygens (including phenoxy) is 1. The van der Waals surface area contributed by atoms with Crippen molar-refractivity contribution in [1.29, 1.82) is 0 Å². The Morgan fingerprint density at radius 2 is 2.00 bits per heavy atom. The fourth-order valence-electron chi connectivity index (χ4n) is 3.97. The topological polar surface area (TPSA) is 49.8 Å². The van der Waals surface area contributed by atoms with Gasteiger partial charge in [0.25, 0.3) is 0 Å². The van der Waals surface area contributed by atoms with E-state index in [1.807, 2.05) is 47.8 Å². The maximum absolute atomic E-state index is 12.1. The second-order valence-electron chi connectivity index (χ2n) is 6.57. The smallest absolute Gasteiger partial charge is 0.315 e. The number of para-hydroxylation sites is 1. The molecule has 1 N–H and O–H groups in total. The molecule has 0 unspecified atom stereocenters. The van der Waals surface area contributed by atoms with Gasteiger partial charge in [-0.15, -0.1) is 0 Å². The Morgan fingerprint density at radius 1 is 1.26 bits per heavy atom. The molecular formula is C17H21NO3S2. The van der Waals surface area contributed by atoms with E-state index in [1.165, 1.54) is 11.5 Å². The minimum absolute atomic E-state index is 0.0307. The lowest BCUT2D eigenvalue weighted by atomic mass is 9.73. The molecule has 3 aliphatic rings. The van der Waals surface area contributed by atoms with E-state index in [0.29, 0.717) is 12.6 Å². The molecule has 2 atom stereocenters. The first kappa shape index (κ1) is 15.7. The Balaban J connectivity index is 1.66. The van der Waals surface area contributed by atoms with Crippen LogP contribution in [0, 0.1) is 5.41 Å². The lowest BCUT2D eigenvalue weighted by Crippen LogP contribution is -2.46. The van der Waals surface area contributed by atoms with Crippen LogP contribution in [-0.4, -0.2) is 64.7 Å². The zero-order valence-electron chi connectivity index (χ0n) is 12.9. The monoisotopic (exact) mass is 351 g/mol. The molecule has 4 nitrogen and oxygen atoms in total. The van der Waals surface area contributed by atoms with Crippen LogP contribution in [0.15, 0.2) is 24.3 Å². The van der Waals surface area contributed by atoms with Crippen LogP contribution in [0.1, 0.15) is 11.5 Å². The summed E-state index contributed by atoms with van der Waals surface area (Å²) in [5.74, 6) is 4.80. The van der Waals surface area contributed by atoms with E-state index in [4.69, 9.17) is 4.74 Å². The lowest BCUT2D eigenvalue weighted by Gasteiger charge is -2.36. The predicted molar refractivity (Wildman–Crippen MR) is 94.8 cm³/mol. The van der Waals surface area contributed by atoms with Crippen LogP contribution in [0.5, 0.6) is 5.75 Å². The molecule has 3 aliphatic heterocycles. The van der Waals surface area contributed by atoms with Gasteiger partial charge in [0.15, 0.2) is 0 Å². The van der Waals surface area contributed by atoms with Gasteiger partial charge in [-0.1, -0.05) is 18.2 Å². The number of carbonyl (C=O) groups is 1. The van der Waals surface area contributed by atoms with E-state index < -0.39 is 11.4 Å². The van der Waals surface area contributed by atoms with Crippen molar-refractivity contribution in [2.24, 2.45) is 5.41 Å². The fraction of sp³-hybridized carbons (Fsp3) is 0.588. The maximum atomic E-state index is 12.1. The second kappa shape index (κ2) is 6.22. The summed E-state index contributed by atoms with van der Waals surface area (Å²) in [7, 11) is 0. The number of benzene rings is 1. The van der Waals surface area contributed by atoms with Crippen molar-refractivity contribution < 1.29 is 14.6 Å². The third kappa shape index (κ3) is 2.65. The van der Waals surface area contributed by atoms with E-state index in [-0.39, 0.29) is 12.5 Å². The molecule has 2 fully saturated rings. The molecule has 1 aromatic carbocycles. The van der Waals surface area contributed by atoms with Crippen LogP contribution in [-0.2, 0) is 4.79 Å². The number of aliphatic carboxylic acids is 1. The quantitative estimate of drug-likeness (QED) is 0.883. The van der Waals surface area contributed by atoms with Crippen molar-refractivity contribution in [2.45, 2.75) is 12.0 Å². The average molecular weight is 351 g/mol. The van der Waals surface area contributed by atoms with Gasteiger partial charge in [0.2, 0.25) is 0 Å². The van der Waals surface area contributed by atoms with E-state index >= 15 is 0 Å². The van der Waals surface area contributed by atoms with Crippen LogP contribution < -0.4 is 4.74 Å². The number of likely N-dealkylation sites (tertiary alicyclic amines) is 1. The first-order chi connectivity index (χ1) is 11.2. The van der Waals surface area contributed by atoms with E-state index in [1.54, 1.807) is 0 Å². The third-order valence-corrected chi connectivity index (χ3v) is 7.77.